The van der Waals surface area contributed by atoms with Gasteiger partial charge in [-0.05, 0) is 30.3 Å². The van der Waals surface area contributed by atoms with Crippen LogP contribution < -0.4 is 5.32 Å². The number of halogens is 5. The van der Waals surface area contributed by atoms with Crippen molar-refractivity contribution in [2.75, 3.05) is 11.9 Å². The summed E-state index contributed by atoms with van der Waals surface area (Å²) in [5.41, 5.74) is -1.15. The molecule has 1 heterocycles. The number of nitrogens with one attached hydrogen (secondary N) is 1. The van der Waals surface area contributed by atoms with Crippen LogP contribution in [0.1, 0.15) is 5.69 Å². The quantitative estimate of drug-likeness (QED) is 0.521. The zero-order chi connectivity index (χ0) is 21.8. The Morgan fingerprint density at radius 3 is 2.28 bits per heavy atom. The van der Waals surface area contributed by atoms with Crippen molar-refractivity contribution in [1.29, 1.82) is 0 Å². The molecule has 0 spiro atoms. The Hall–Kier alpha value is -3.03. The molecule has 14 heteroatoms. The van der Waals surface area contributed by atoms with E-state index in [2.05, 4.69) is 15.2 Å². The zero-order valence-corrected chi connectivity index (χ0v) is 15.0. The smallest absolute Gasteiger partial charge is 0.435 e. The molecule has 2 aromatic rings. The first-order valence-corrected chi connectivity index (χ1v) is 9.12. The molecule has 2 rings (SSSR count). The van der Waals surface area contributed by atoms with Gasteiger partial charge in [-0.1, -0.05) is 0 Å². The molecule has 0 fully saturated rings. The number of aromatic nitrogens is 2. The molecule has 29 heavy (non-hydrogen) atoms. The van der Waals surface area contributed by atoms with Crippen molar-refractivity contribution in [3.8, 4) is 0 Å². The topological polar surface area (TPSA) is 107 Å². The lowest BCUT2D eigenvalue weighted by atomic mass is 10.3. The fourth-order valence-electron chi connectivity index (χ4n) is 1.95. The van der Waals surface area contributed by atoms with Gasteiger partial charge in [-0.3, -0.25) is 14.3 Å². The summed E-state index contributed by atoms with van der Waals surface area (Å²) in [7, 11) is -4.77. The maximum atomic E-state index is 12.4. The fraction of sp³-hybridized carbons (Fsp3) is 0.267. The van der Waals surface area contributed by atoms with Gasteiger partial charge in [-0.2, -0.15) is 27.1 Å². The third-order valence-corrected chi connectivity index (χ3v) is 4.69. The molecule has 0 saturated carbocycles. The molecule has 0 saturated heterocycles. The number of anilines is 1. The molecule has 1 aromatic carbocycles. The molecule has 0 aliphatic carbocycles. The lowest BCUT2D eigenvalue weighted by Crippen LogP contribution is -2.23. The molecule has 0 aliphatic heterocycles. The van der Waals surface area contributed by atoms with Gasteiger partial charge in [0, 0.05) is 11.9 Å². The van der Waals surface area contributed by atoms with Gasteiger partial charge in [0.05, 0.1) is 4.90 Å². The summed E-state index contributed by atoms with van der Waals surface area (Å²) in [5.74, 6) is -5.47. The number of amides is 1. The number of carbonyl (C=O) groups excluding carboxylic acids is 2. The van der Waals surface area contributed by atoms with Gasteiger partial charge in [0.25, 0.3) is 5.91 Å². The Bertz CT molecular complexity index is 987. The van der Waals surface area contributed by atoms with E-state index >= 15 is 0 Å². The van der Waals surface area contributed by atoms with Crippen molar-refractivity contribution in [2.24, 2.45) is 0 Å². The maximum absolute atomic E-state index is 12.4. The molecule has 0 aliphatic rings. The predicted octanol–water partition coefficient (Wildman–Crippen LogP) is 2.08. The molecule has 8 nitrogen and oxygen atoms in total. The molecular weight excluding hydrogens is 429 g/mol. The Kier molecular flexibility index (Phi) is 6.56. The van der Waals surface area contributed by atoms with Crippen LogP contribution in [0.15, 0.2) is 41.4 Å². The SMILES string of the molecule is O=C(COC(=O)Cn1ccc(C(F)(F)F)n1)Nc1ccc(S(=O)(=O)C(F)F)cc1. The van der Waals surface area contributed by atoms with Crippen molar-refractivity contribution in [2.45, 2.75) is 23.4 Å². The molecule has 0 unspecified atom stereocenters. The summed E-state index contributed by atoms with van der Waals surface area (Å²) in [4.78, 5) is 22.6. The monoisotopic (exact) mass is 441 g/mol. The molecular formula is C15H12F5N3O5S. The van der Waals surface area contributed by atoms with Gasteiger partial charge in [0.1, 0.15) is 6.54 Å². The molecule has 0 atom stereocenters. The number of hydrogen-bond donors (Lipinski definition) is 1. The van der Waals surface area contributed by atoms with Crippen molar-refractivity contribution >= 4 is 27.4 Å². The lowest BCUT2D eigenvalue weighted by molar-refractivity contribution is -0.148. The van der Waals surface area contributed by atoms with Crippen LogP contribution in [0.2, 0.25) is 0 Å². The number of nitrogens with zero attached hydrogens (tertiary/aromatic N) is 2. The van der Waals surface area contributed by atoms with Crippen LogP contribution in [-0.4, -0.2) is 42.4 Å². The van der Waals surface area contributed by atoms with E-state index in [9.17, 15) is 40.0 Å². The number of hydrogen-bond acceptors (Lipinski definition) is 6. The zero-order valence-electron chi connectivity index (χ0n) is 14.2. The second-order valence-electron chi connectivity index (χ2n) is 5.44. The van der Waals surface area contributed by atoms with Gasteiger partial charge in [0.15, 0.2) is 12.3 Å². The second kappa shape index (κ2) is 8.55. The Labute approximate surface area is 160 Å². The number of alkyl halides is 5. The van der Waals surface area contributed by atoms with E-state index < -0.39 is 57.4 Å². The average molecular weight is 441 g/mol. The highest BCUT2D eigenvalue weighted by atomic mass is 32.2. The number of benzene rings is 1. The van der Waals surface area contributed by atoms with Crippen molar-refractivity contribution < 1.29 is 44.7 Å². The number of sulfone groups is 1. The Balaban J connectivity index is 1.85. The maximum Gasteiger partial charge on any atom is 0.435 e. The highest BCUT2D eigenvalue weighted by Crippen LogP contribution is 2.27. The minimum absolute atomic E-state index is 0.0427. The summed E-state index contributed by atoms with van der Waals surface area (Å²) < 4.78 is 90.0. The first-order chi connectivity index (χ1) is 13.4. The van der Waals surface area contributed by atoms with Crippen LogP contribution in [0.4, 0.5) is 27.6 Å². The van der Waals surface area contributed by atoms with E-state index in [1.807, 2.05) is 0 Å². The van der Waals surface area contributed by atoms with Crippen LogP contribution in [0.5, 0.6) is 0 Å². The van der Waals surface area contributed by atoms with Crippen molar-refractivity contribution in [1.82, 2.24) is 9.78 Å². The van der Waals surface area contributed by atoms with E-state index in [1.54, 1.807) is 0 Å². The minimum Gasteiger partial charge on any atom is -0.454 e. The number of rotatable bonds is 7. The highest BCUT2D eigenvalue weighted by Gasteiger charge is 2.33. The molecule has 0 radical (unpaired) electrons. The molecule has 1 aromatic heterocycles. The van der Waals surface area contributed by atoms with Crippen molar-refractivity contribution in [3.05, 3.63) is 42.2 Å². The van der Waals surface area contributed by atoms with E-state index in [-0.39, 0.29) is 5.69 Å². The Morgan fingerprint density at radius 2 is 1.76 bits per heavy atom. The summed E-state index contributed by atoms with van der Waals surface area (Å²) >= 11 is 0. The minimum atomic E-state index is -4.77. The molecule has 0 bridgehead atoms. The van der Waals surface area contributed by atoms with Crippen LogP contribution in [0.3, 0.4) is 0 Å². The summed E-state index contributed by atoms with van der Waals surface area (Å²) in [6.07, 6.45) is -3.75. The lowest BCUT2D eigenvalue weighted by Gasteiger charge is -2.08. The molecule has 1 amide bonds. The van der Waals surface area contributed by atoms with Crippen molar-refractivity contribution in [3.63, 3.8) is 0 Å². The molecule has 158 valence electrons. The number of carbonyl (C=O) groups is 2. The normalized spacial score (nSPS) is 12.1. The van der Waals surface area contributed by atoms with Gasteiger partial charge >= 0.3 is 17.9 Å². The van der Waals surface area contributed by atoms with E-state index in [0.29, 0.717) is 10.7 Å². The van der Waals surface area contributed by atoms with Gasteiger partial charge in [-0.25, -0.2) is 8.42 Å². The number of esters is 1. The summed E-state index contributed by atoms with van der Waals surface area (Å²) in [6, 6.07) is 4.49. The first kappa shape index (κ1) is 22.3. The standard InChI is InChI=1S/C15H12F5N3O5S/c16-14(17)29(26,27)10-3-1-9(2-4-10)21-12(24)8-28-13(25)7-23-6-5-11(22-23)15(18,19)20/h1-6,14H,7-8H2,(H,21,24). The van der Waals surface area contributed by atoms with Gasteiger partial charge < -0.3 is 10.1 Å². The van der Waals surface area contributed by atoms with Gasteiger partial charge in [-0.15, -0.1) is 0 Å². The van der Waals surface area contributed by atoms with E-state index in [1.165, 1.54) is 0 Å². The molecule has 1 N–H and O–H groups in total. The average Bonchev–Trinajstić information content (AvgIpc) is 3.09. The fourth-order valence-corrected chi connectivity index (χ4v) is 2.67. The van der Waals surface area contributed by atoms with Crippen LogP contribution in [0, 0.1) is 0 Å². The van der Waals surface area contributed by atoms with Crippen LogP contribution >= 0.6 is 0 Å². The van der Waals surface area contributed by atoms with Crippen LogP contribution in [0.25, 0.3) is 0 Å². The van der Waals surface area contributed by atoms with E-state index in [0.717, 1.165) is 30.5 Å². The second-order valence-corrected chi connectivity index (χ2v) is 7.35. The summed E-state index contributed by atoms with van der Waals surface area (Å²) in [6.45, 7) is -1.45. The summed E-state index contributed by atoms with van der Waals surface area (Å²) in [5, 5.41) is 5.37. The van der Waals surface area contributed by atoms with Gasteiger partial charge in [0.2, 0.25) is 9.84 Å². The third-order valence-electron chi connectivity index (χ3n) is 3.29. The van der Waals surface area contributed by atoms with E-state index in [4.69, 9.17) is 0 Å². The largest absolute Gasteiger partial charge is 0.454 e. The Morgan fingerprint density at radius 1 is 1.14 bits per heavy atom. The highest BCUT2D eigenvalue weighted by molar-refractivity contribution is 7.91. The first-order valence-electron chi connectivity index (χ1n) is 7.58. The van der Waals surface area contributed by atoms with Crippen LogP contribution in [-0.2, 0) is 36.9 Å². The third kappa shape index (κ3) is 5.97. The number of ether oxygens (including phenoxy) is 1. The predicted molar refractivity (Wildman–Crippen MR) is 86.4 cm³/mol.